The Balaban J connectivity index is 2.05. The lowest BCUT2D eigenvalue weighted by Gasteiger charge is -2.10. The van der Waals surface area contributed by atoms with Crippen LogP contribution in [0.3, 0.4) is 0 Å². The highest BCUT2D eigenvalue weighted by molar-refractivity contribution is 5.99. The highest BCUT2D eigenvalue weighted by Gasteiger charge is 2.30. The first-order valence-electron chi connectivity index (χ1n) is 5.19. The molecule has 1 heterocycles. The summed E-state index contributed by atoms with van der Waals surface area (Å²) in [5.41, 5.74) is -0.367. The van der Waals surface area contributed by atoms with Crippen LogP contribution in [0.25, 0.3) is 0 Å². The molecule has 1 aromatic carbocycles. The lowest BCUT2D eigenvalue weighted by molar-refractivity contribution is -0.137. The fourth-order valence-corrected chi connectivity index (χ4v) is 1.39. The average Bonchev–Trinajstić information content (AvgIpc) is 2.80. The predicted molar refractivity (Wildman–Crippen MR) is 62.7 cm³/mol. The lowest BCUT2D eigenvalue weighted by Crippen LogP contribution is -2.19. The first-order chi connectivity index (χ1) is 8.95. The molecule has 0 aliphatic carbocycles. The summed E-state index contributed by atoms with van der Waals surface area (Å²) in [6, 6.07) is 3.72. The van der Waals surface area contributed by atoms with Crippen LogP contribution in [-0.2, 0) is 6.18 Å². The van der Waals surface area contributed by atoms with Gasteiger partial charge in [0, 0.05) is 11.9 Å². The molecule has 2 aromatic rings. The van der Waals surface area contributed by atoms with Crippen molar-refractivity contribution in [3.05, 3.63) is 42.2 Å². The maximum Gasteiger partial charge on any atom is 0.416 e. The van der Waals surface area contributed by atoms with E-state index in [0.29, 0.717) is 5.69 Å². The molecule has 100 valence electrons. The van der Waals surface area contributed by atoms with Crippen molar-refractivity contribution in [2.24, 2.45) is 0 Å². The van der Waals surface area contributed by atoms with E-state index in [1.807, 2.05) is 0 Å². The number of alkyl halides is 3. The maximum atomic E-state index is 12.5. The minimum Gasteiger partial charge on any atom is -0.308 e. The van der Waals surface area contributed by atoms with Gasteiger partial charge in [0.05, 0.1) is 17.4 Å². The fourth-order valence-electron chi connectivity index (χ4n) is 1.39. The van der Waals surface area contributed by atoms with Crippen LogP contribution >= 0.6 is 0 Å². The fraction of sp³-hybridized carbons (Fsp3) is 0.0909. The van der Waals surface area contributed by atoms with Gasteiger partial charge in [-0.05, 0) is 18.2 Å². The average molecular weight is 270 g/mol. The molecule has 1 aromatic heterocycles. The molecule has 2 rings (SSSR count). The molecule has 0 spiro atoms. The summed E-state index contributed by atoms with van der Waals surface area (Å²) in [4.78, 5) is 11.5. The van der Waals surface area contributed by atoms with Crippen molar-refractivity contribution in [2.45, 2.75) is 6.18 Å². The van der Waals surface area contributed by atoms with E-state index in [1.165, 1.54) is 24.5 Å². The van der Waals surface area contributed by atoms with Crippen molar-refractivity contribution >= 4 is 17.4 Å². The molecule has 0 atom stereocenters. The number of benzene rings is 1. The Morgan fingerprint density at radius 1 is 1.21 bits per heavy atom. The number of nitrogens with zero attached hydrogens (tertiary/aromatic N) is 1. The Kier molecular flexibility index (Phi) is 3.41. The number of H-pyrrole nitrogens is 1. The quantitative estimate of drug-likeness (QED) is 0.784. The molecule has 0 unspecified atom stereocenters. The molecule has 0 bridgehead atoms. The Labute approximate surface area is 105 Å². The van der Waals surface area contributed by atoms with Crippen molar-refractivity contribution in [3.63, 3.8) is 0 Å². The zero-order valence-electron chi connectivity index (χ0n) is 9.45. The van der Waals surface area contributed by atoms with Crippen molar-refractivity contribution in [1.82, 2.24) is 10.2 Å². The molecule has 0 saturated heterocycles. The smallest absolute Gasteiger partial charge is 0.308 e. The molecule has 0 saturated carbocycles. The number of anilines is 2. The maximum absolute atomic E-state index is 12.5. The first kappa shape index (κ1) is 12.9. The number of carbonyl (C=O) groups is 1. The summed E-state index contributed by atoms with van der Waals surface area (Å²) >= 11 is 0. The van der Waals surface area contributed by atoms with E-state index in [0.717, 1.165) is 12.1 Å². The van der Waals surface area contributed by atoms with E-state index in [-0.39, 0.29) is 5.69 Å². The van der Waals surface area contributed by atoms with Gasteiger partial charge in [-0.1, -0.05) is 6.07 Å². The Bertz CT molecular complexity index is 566. The van der Waals surface area contributed by atoms with E-state index in [9.17, 15) is 18.0 Å². The SMILES string of the molecule is O=C(Nc1cn[nH]c1)Nc1cccc(C(F)(F)F)c1. The van der Waals surface area contributed by atoms with Gasteiger partial charge < -0.3 is 10.6 Å². The summed E-state index contributed by atoms with van der Waals surface area (Å²) < 4.78 is 37.4. The van der Waals surface area contributed by atoms with Crippen LogP contribution in [-0.4, -0.2) is 16.2 Å². The van der Waals surface area contributed by atoms with E-state index >= 15 is 0 Å². The van der Waals surface area contributed by atoms with Gasteiger partial charge in [-0.3, -0.25) is 5.10 Å². The standard InChI is InChI=1S/C11H9F3N4O/c12-11(13,14)7-2-1-3-8(4-7)17-10(19)18-9-5-15-16-6-9/h1-6H,(H,15,16)(H2,17,18,19). The van der Waals surface area contributed by atoms with Crippen LogP contribution in [0.15, 0.2) is 36.7 Å². The molecule has 0 fully saturated rings. The van der Waals surface area contributed by atoms with Gasteiger partial charge in [0.15, 0.2) is 0 Å². The molecular formula is C11H9F3N4O. The predicted octanol–water partition coefficient (Wildman–Crippen LogP) is 3.07. The van der Waals surface area contributed by atoms with Gasteiger partial charge in [-0.25, -0.2) is 4.79 Å². The van der Waals surface area contributed by atoms with E-state index in [1.54, 1.807) is 0 Å². The summed E-state index contributed by atoms with van der Waals surface area (Å²) in [5.74, 6) is 0. The van der Waals surface area contributed by atoms with Gasteiger partial charge >= 0.3 is 12.2 Å². The topological polar surface area (TPSA) is 69.8 Å². The second-order valence-electron chi connectivity index (χ2n) is 3.64. The number of hydrogen-bond donors (Lipinski definition) is 3. The van der Waals surface area contributed by atoms with Crippen LogP contribution in [0, 0.1) is 0 Å². The van der Waals surface area contributed by atoms with Gasteiger partial charge in [0.2, 0.25) is 0 Å². The second kappa shape index (κ2) is 5.01. The molecule has 8 heteroatoms. The van der Waals surface area contributed by atoms with E-state index in [2.05, 4.69) is 20.8 Å². The molecule has 5 nitrogen and oxygen atoms in total. The zero-order chi connectivity index (χ0) is 13.9. The number of halogens is 3. The molecule has 3 N–H and O–H groups in total. The third kappa shape index (κ3) is 3.47. The Hall–Kier alpha value is -2.51. The van der Waals surface area contributed by atoms with Gasteiger partial charge in [-0.15, -0.1) is 0 Å². The number of rotatable bonds is 2. The van der Waals surface area contributed by atoms with Crippen LogP contribution in [0.4, 0.5) is 29.3 Å². The van der Waals surface area contributed by atoms with Crippen LogP contribution in [0.2, 0.25) is 0 Å². The summed E-state index contributed by atoms with van der Waals surface area (Å²) in [6.07, 6.45) is -1.64. The number of aromatic amines is 1. The molecular weight excluding hydrogens is 261 g/mol. The Morgan fingerprint density at radius 3 is 2.58 bits per heavy atom. The number of amides is 2. The molecule has 0 aliphatic rings. The largest absolute Gasteiger partial charge is 0.416 e. The number of nitrogens with one attached hydrogen (secondary N) is 3. The normalized spacial score (nSPS) is 11.1. The minimum absolute atomic E-state index is 0.0517. The van der Waals surface area contributed by atoms with E-state index in [4.69, 9.17) is 0 Å². The highest BCUT2D eigenvalue weighted by atomic mass is 19.4. The van der Waals surface area contributed by atoms with Crippen molar-refractivity contribution < 1.29 is 18.0 Å². The summed E-state index contributed by atoms with van der Waals surface area (Å²) in [7, 11) is 0. The Morgan fingerprint density at radius 2 is 1.95 bits per heavy atom. The molecule has 0 radical (unpaired) electrons. The second-order valence-corrected chi connectivity index (χ2v) is 3.64. The van der Waals surface area contributed by atoms with Crippen molar-refractivity contribution in [1.29, 1.82) is 0 Å². The van der Waals surface area contributed by atoms with Crippen LogP contribution < -0.4 is 10.6 Å². The molecule has 0 aliphatic heterocycles. The first-order valence-corrected chi connectivity index (χ1v) is 5.19. The van der Waals surface area contributed by atoms with Gasteiger partial charge in [0.1, 0.15) is 0 Å². The number of hydrogen-bond acceptors (Lipinski definition) is 2. The van der Waals surface area contributed by atoms with Crippen LogP contribution in [0.1, 0.15) is 5.56 Å². The van der Waals surface area contributed by atoms with Gasteiger partial charge in [-0.2, -0.15) is 18.3 Å². The van der Waals surface area contributed by atoms with Crippen LogP contribution in [0.5, 0.6) is 0 Å². The highest BCUT2D eigenvalue weighted by Crippen LogP contribution is 2.30. The number of urea groups is 1. The number of aromatic nitrogens is 2. The van der Waals surface area contributed by atoms with Crippen molar-refractivity contribution in [2.75, 3.05) is 10.6 Å². The third-order valence-corrected chi connectivity index (χ3v) is 2.20. The zero-order valence-corrected chi connectivity index (χ0v) is 9.45. The van der Waals surface area contributed by atoms with Crippen molar-refractivity contribution in [3.8, 4) is 0 Å². The van der Waals surface area contributed by atoms with Gasteiger partial charge in [0.25, 0.3) is 0 Å². The lowest BCUT2D eigenvalue weighted by atomic mass is 10.2. The number of carbonyl (C=O) groups excluding carboxylic acids is 1. The molecule has 2 amide bonds. The minimum atomic E-state index is -4.45. The third-order valence-electron chi connectivity index (χ3n) is 2.20. The summed E-state index contributed by atoms with van der Waals surface area (Å²) in [6.45, 7) is 0. The monoisotopic (exact) mass is 270 g/mol. The molecule has 19 heavy (non-hydrogen) atoms. The summed E-state index contributed by atoms with van der Waals surface area (Å²) in [5, 5.41) is 10.8. The van der Waals surface area contributed by atoms with E-state index < -0.39 is 17.8 Å².